The molecule has 0 saturated heterocycles. The minimum Gasteiger partial charge on any atom is -0.482 e. The van der Waals surface area contributed by atoms with Crippen molar-refractivity contribution in [1.82, 2.24) is 0 Å². The standard InChI is InChI=1S/C16H21F3N2O2/c1-10-5-6-13(14(7-10)23-9-16(17,18)19)21-15(22)11-3-2-4-12(20)8-11/h5-7,11-12H,2-4,8-9,20H2,1H3,(H,21,22). The lowest BCUT2D eigenvalue weighted by molar-refractivity contribution is -0.153. The van der Waals surface area contributed by atoms with Gasteiger partial charge in [0, 0.05) is 12.0 Å². The van der Waals surface area contributed by atoms with Crippen LogP contribution < -0.4 is 15.8 Å². The molecule has 1 aromatic rings. The molecule has 1 aromatic carbocycles. The quantitative estimate of drug-likeness (QED) is 0.889. The van der Waals surface area contributed by atoms with E-state index in [1.165, 1.54) is 6.07 Å². The SMILES string of the molecule is Cc1ccc(NC(=O)C2CCCC(N)C2)c(OCC(F)(F)F)c1. The Labute approximate surface area is 133 Å². The summed E-state index contributed by atoms with van der Waals surface area (Å²) >= 11 is 0. The van der Waals surface area contributed by atoms with Gasteiger partial charge in [-0.3, -0.25) is 4.79 Å². The number of ether oxygens (including phenoxy) is 1. The molecule has 1 aliphatic carbocycles. The summed E-state index contributed by atoms with van der Waals surface area (Å²) in [6, 6.07) is 4.75. The lowest BCUT2D eigenvalue weighted by atomic mass is 9.85. The molecule has 0 aliphatic heterocycles. The van der Waals surface area contributed by atoms with Crippen molar-refractivity contribution < 1.29 is 22.7 Å². The molecule has 2 rings (SSSR count). The van der Waals surface area contributed by atoms with Gasteiger partial charge in [-0.1, -0.05) is 12.5 Å². The molecular weight excluding hydrogens is 309 g/mol. The molecule has 23 heavy (non-hydrogen) atoms. The zero-order chi connectivity index (χ0) is 17.0. The molecule has 3 N–H and O–H groups in total. The molecule has 2 atom stereocenters. The first-order chi connectivity index (χ1) is 10.7. The topological polar surface area (TPSA) is 64.4 Å². The minimum absolute atomic E-state index is 0.00142. The van der Waals surface area contributed by atoms with E-state index in [0.717, 1.165) is 24.8 Å². The first kappa shape index (κ1) is 17.6. The second kappa shape index (κ2) is 7.21. The number of carbonyl (C=O) groups is 1. The number of nitrogens with two attached hydrogens (primary N) is 1. The molecule has 7 heteroatoms. The van der Waals surface area contributed by atoms with Crippen molar-refractivity contribution in [2.75, 3.05) is 11.9 Å². The molecule has 1 fully saturated rings. The Morgan fingerprint density at radius 2 is 2.13 bits per heavy atom. The summed E-state index contributed by atoms with van der Waals surface area (Å²) in [4.78, 5) is 12.3. The first-order valence-corrected chi connectivity index (χ1v) is 7.61. The zero-order valence-electron chi connectivity index (χ0n) is 13.0. The molecule has 128 valence electrons. The van der Waals surface area contributed by atoms with Gasteiger partial charge >= 0.3 is 6.18 Å². The Balaban J connectivity index is 2.07. The molecule has 2 unspecified atom stereocenters. The highest BCUT2D eigenvalue weighted by Crippen LogP contribution is 2.30. The molecular formula is C16H21F3N2O2. The highest BCUT2D eigenvalue weighted by Gasteiger charge is 2.29. The van der Waals surface area contributed by atoms with Gasteiger partial charge in [-0.05, 0) is 43.9 Å². The van der Waals surface area contributed by atoms with Gasteiger partial charge in [0.1, 0.15) is 5.75 Å². The monoisotopic (exact) mass is 330 g/mol. The zero-order valence-corrected chi connectivity index (χ0v) is 13.0. The predicted molar refractivity (Wildman–Crippen MR) is 81.3 cm³/mol. The third kappa shape index (κ3) is 5.42. The highest BCUT2D eigenvalue weighted by atomic mass is 19.4. The van der Waals surface area contributed by atoms with Crippen LogP contribution in [0.3, 0.4) is 0 Å². The Kier molecular flexibility index (Phi) is 5.51. The van der Waals surface area contributed by atoms with E-state index < -0.39 is 12.8 Å². The number of hydrogen-bond acceptors (Lipinski definition) is 3. The first-order valence-electron chi connectivity index (χ1n) is 7.61. The van der Waals surface area contributed by atoms with Gasteiger partial charge in [-0.25, -0.2) is 0 Å². The molecule has 1 amide bonds. The number of halogens is 3. The van der Waals surface area contributed by atoms with E-state index in [1.54, 1.807) is 19.1 Å². The molecule has 0 heterocycles. The summed E-state index contributed by atoms with van der Waals surface area (Å²) in [6.07, 6.45) is -1.32. The van der Waals surface area contributed by atoms with Crippen LogP contribution in [0.15, 0.2) is 18.2 Å². The summed E-state index contributed by atoms with van der Waals surface area (Å²) in [5.41, 5.74) is 6.88. The number of amides is 1. The van der Waals surface area contributed by atoms with E-state index in [2.05, 4.69) is 5.32 Å². The normalized spacial score (nSPS) is 21.8. The number of aryl methyl sites for hydroxylation is 1. The Morgan fingerprint density at radius 3 is 2.78 bits per heavy atom. The average molecular weight is 330 g/mol. The van der Waals surface area contributed by atoms with Crippen LogP contribution in [-0.4, -0.2) is 24.7 Å². The molecule has 0 bridgehead atoms. The van der Waals surface area contributed by atoms with Gasteiger partial charge in [-0.2, -0.15) is 13.2 Å². The van der Waals surface area contributed by atoms with E-state index in [4.69, 9.17) is 10.5 Å². The number of anilines is 1. The number of rotatable bonds is 4. The van der Waals surface area contributed by atoms with Crippen LogP contribution in [0.5, 0.6) is 5.75 Å². The number of alkyl halides is 3. The largest absolute Gasteiger partial charge is 0.482 e. The third-order valence-electron chi connectivity index (χ3n) is 3.87. The van der Waals surface area contributed by atoms with E-state index in [9.17, 15) is 18.0 Å². The van der Waals surface area contributed by atoms with Crippen LogP contribution in [0.4, 0.5) is 18.9 Å². The smallest absolute Gasteiger partial charge is 0.422 e. The van der Waals surface area contributed by atoms with Gasteiger partial charge in [0.05, 0.1) is 5.69 Å². The average Bonchev–Trinajstić information content (AvgIpc) is 2.46. The molecule has 1 saturated carbocycles. The summed E-state index contributed by atoms with van der Waals surface area (Å²) in [5, 5.41) is 2.68. The molecule has 0 radical (unpaired) electrons. The fourth-order valence-electron chi connectivity index (χ4n) is 2.71. The number of benzene rings is 1. The maximum atomic E-state index is 12.3. The lowest BCUT2D eigenvalue weighted by Crippen LogP contribution is -2.34. The van der Waals surface area contributed by atoms with Crippen molar-refractivity contribution in [2.45, 2.75) is 44.8 Å². The fourth-order valence-corrected chi connectivity index (χ4v) is 2.71. The van der Waals surface area contributed by atoms with Crippen molar-refractivity contribution in [3.05, 3.63) is 23.8 Å². The van der Waals surface area contributed by atoms with E-state index in [0.29, 0.717) is 6.42 Å². The van der Waals surface area contributed by atoms with Crippen LogP contribution in [-0.2, 0) is 4.79 Å². The molecule has 4 nitrogen and oxygen atoms in total. The highest BCUT2D eigenvalue weighted by molar-refractivity contribution is 5.94. The van der Waals surface area contributed by atoms with Crippen molar-refractivity contribution in [1.29, 1.82) is 0 Å². The third-order valence-corrected chi connectivity index (χ3v) is 3.87. The van der Waals surface area contributed by atoms with Crippen molar-refractivity contribution in [3.63, 3.8) is 0 Å². The number of hydrogen-bond donors (Lipinski definition) is 2. The van der Waals surface area contributed by atoms with Gasteiger partial charge in [0.2, 0.25) is 5.91 Å². The molecule has 1 aliphatic rings. The predicted octanol–water partition coefficient (Wildman–Crippen LogP) is 3.39. The minimum atomic E-state index is -4.43. The molecule has 0 aromatic heterocycles. The van der Waals surface area contributed by atoms with E-state index >= 15 is 0 Å². The fraction of sp³-hybridized carbons (Fsp3) is 0.562. The summed E-state index contributed by atoms with van der Waals surface area (Å²) in [5.74, 6) is -0.410. The summed E-state index contributed by atoms with van der Waals surface area (Å²) in [6.45, 7) is 0.347. The van der Waals surface area contributed by atoms with Gasteiger partial charge in [0.25, 0.3) is 0 Å². The van der Waals surface area contributed by atoms with Crippen LogP contribution in [0, 0.1) is 12.8 Å². The van der Waals surface area contributed by atoms with Gasteiger partial charge < -0.3 is 15.8 Å². The van der Waals surface area contributed by atoms with E-state index in [1.807, 2.05) is 0 Å². The number of carbonyl (C=O) groups excluding carboxylic acids is 1. The van der Waals surface area contributed by atoms with Crippen molar-refractivity contribution in [2.24, 2.45) is 11.7 Å². The lowest BCUT2D eigenvalue weighted by Gasteiger charge is -2.26. The summed E-state index contributed by atoms with van der Waals surface area (Å²) in [7, 11) is 0. The van der Waals surface area contributed by atoms with Gasteiger partial charge in [0.15, 0.2) is 6.61 Å². The van der Waals surface area contributed by atoms with Crippen LogP contribution in [0.25, 0.3) is 0 Å². The second-order valence-corrected chi connectivity index (χ2v) is 6.02. The Hall–Kier alpha value is -1.76. The second-order valence-electron chi connectivity index (χ2n) is 6.02. The van der Waals surface area contributed by atoms with Gasteiger partial charge in [-0.15, -0.1) is 0 Å². The Morgan fingerprint density at radius 1 is 1.39 bits per heavy atom. The Bertz CT molecular complexity index is 561. The van der Waals surface area contributed by atoms with Crippen LogP contribution in [0.1, 0.15) is 31.2 Å². The van der Waals surface area contributed by atoms with Crippen LogP contribution >= 0.6 is 0 Å². The van der Waals surface area contributed by atoms with Crippen molar-refractivity contribution >= 4 is 11.6 Å². The molecule has 0 spiro atoms. The number of nitrogens with one attached hydrogen (secondary N) is 1. The van der Waals surface area contributed by atoms with E-state index in [-0.39, 0.29) is 29.3 Å². The van der Waals surface area contributed by atoms with Crippen LogP contribution in [0.2, 0.25) is 0 Å². The summed E-state index contributed by atoms with van der Waals surface area (Å²) < 4.78 is 41.9. The maximum absolute atomic E-state index is 12.3. The maximum Gasteiger partial charge on any atom is 0.422 e. The van der Waals surface area contributed by atoms with Crippen molar-refractivity contribution in [3.8, 4) is 5.75 Å².